The molecule has 0 radical (unpaired) electrons. The second-order valence-corrected chi connectivity index (χ2v) is 6.35. The van der Waals surface area contributed by atoms with Crippen LogP contribution in [0.5, 0.6) is 0 Å². The summed E-state index contributed by atoms with van der Waals surface area (Å²) < 4.78 is 5.85. The van der Waals surface area contributed by atoms with Gasteiger partial charge in [0.25, 0.3) is 0 Å². The summed E-state index contributed by atoms with van der Waals surface area (Å²) in [4.78, 5) is 9.36. The number of nitriles is 1. The highest BCUT2D eigenvalue weighted by atomic mass is 16.3. The molecule has 0 saturated carbocycles. The van der Waals surface area contributed by atoms with Crippen molar-refractivity contribution in [2.45, 2.75) is 13.0 Å². The van der Waals surface area contributed by atoms with Crippen LogP contribution in [0.2, 0.25) is 0 Å². The zero-order valence-electron chi connectivity index (χ0n) is 14.1. The summed E-state index contributed by atoms with van der Waals surface area (Å²) in [6.45, 7) is 4.74. The highest BCUT2D eigenvalue weighted by Gasteiger charge is 2.17. The van der Waals surface area contributed by atoms with E-state index in [-0.39, 0.29) is 0 Å². The third-order valence-corrected chi connectivity index (χ3v) is 4.65. The van der Waals surface area contributed by atoms with Crippen molar-refractivity contribution in [3.63, 3.8) is 0 Å². The molecule has 1 aliphatic rings. The summed E-state index contributed by atoms with van der Waals surface area (Å²) in [6, 6.07) is 17.9. The number of benzene rings is 2. The Bertz CT molecular complexity index is 861. The Balaban J connectivity index is 1.41. The highest BCUT2D eigenvalue weighted by molar-refractivity contribution is 5.72. The lowest BCUT2D eigenvalue weighted by molar-refractivity contribution is 0.258. The molecular weight excluding hydrogens is 312 g/mol. The molecule has 126 valence electrons. The molecular formula is C20H20N4O. The van der Waals surface area contributed by atoms with Gasteiger partial charge >= 0.3 is 0 Å². The van der Waals surface area contributed by atoms with E-state index in [1.54, 1.807) is 0 Å². The van der Waals surface area contributed by atoms with Crippen molar-refractivity contribution in [3.05, 3.63) is 60.0 Å². The van der Waals surface area contributed by atoms with Crippen molar-refractivity contribution >= 4 is 16.8 Å². The molecule has 0 N–H and O–H groups in total. The zero-order valence-corrected chi connectivity index (χ0v) is 14.1. The number of hydrogen-bond donors (Lipinski definition) is 0. The molecule has 4 rings (SSSR count). The number of para-hydroxylation sites is 2. The van der Waals surface area contributed by atoms with Crippen LogP contribution in [0.3, 0.4) is 0 Å². The number of aromatic nitrogens is 1. The van der Waals surface area contributed by atoms with Gasteiger partial charge in [-0.2, -0.15) is 5.26 Å². The number of fused-ring (bicyclic) bond motifs is 1. The standard InChI is InChI=1S/C20H20N4O/c21-14-16-6-8-17(9-7-16)24-11-3-10-23(12-13-24)15-20-22-18-4-1-2-5-19(18)25-20/h1-2,4-9H,3,10-13,15H2. The van der Waals surface area contributed by atoms with E-state index in [9.17, 15) is 0 Å². The summed E-state index contributed by atoms with van der Waals surface area (Å²) >= 11 is 0. The van der Waals surface area contributed by atoms with Gasteiger partial charge in [0.1, 0.15) is 5.52 Å². The quantitative estimate of drug-likeness (QED) is 0.736. The fourth-order valence-corrected chi connectivity index (χ4v) is 3.31. The summed E-state index contributed by atoms with van der Waals surface area (Å²) in [5.41, 5.74) is 3.66. The average molecular weight is 332 g/mol. The molecule has 5 nitrogen and oxygen atoms in total. The van der Waals surface area contributed by atoms with Crippen LogP contribution in [0.25, 0.3) is 11.1 Å². The molecule has 3 aromatic rings. The zero-order chi connectivity index (χ0) is 17.1. The molecule has 1 saturated heterocycles. The normalized spacial score (nSPS) is 15.9. The lowest BCUT2D eigenvalue weighted by Gasteiger charge is -2.23. The smallest absolute Gasteiger partial charge is 0.209 e. The first-order valence-electron chi connectivity index (χ1n) is 8.64. The predicted octanol–water partition coefficient (Wildman–Crippen LogP) is 3.41. The molecule has 2 heterocycles. The monoisotopic (exact) mass is 332 g/mol. The van der Waals surface area contributed by atoms with Crippen molar-refractivity contribution in [2.24, 2.45) is 0 Å². The van der Waals surface area contributed by atoms with Crippen LogP contribution in [0.4, 0.5) is 5.69 Å². The molecule has 1 fully saturated rings. The molecule has 2 aromatic carbocycles. The number of rotatable bonds is 3. The van der Waals surface area contributed by atoms with Gasteiger partial charge in [-0.25, -0.2) is 4.98 Å². The Kier molecular flexibility index (Phi) is 4.36. The van der Waals surface area contributed by atoms with Crippen LogP contribution in [0.1, 0.15) is 17.9 Å². The van der Waals surface area contributed by atoms with Crippen molar-refractivity contribution in [1.82, 2.24) is 9.88 Å². The summed E-state index contributed by atoms with van der Waals surface area (Å²) in [5.74, 6) is 0.785. The number of nitrogens with zero attached hydrogens (tertiary/aromatic N) is 4. The Morgan fingerprint density at radius 2 is 1.84 bits per heavy atom. The molecule has 0 aliphatic carbocycles. The van der Waals surface area contributed by atoms with E-state index in [4.69, 9.17) is 9.68 Å². The van der Waals surface area contributed by atoms with Crippen LogP contribution >= 0.6 is 0 Å². The Labute approximate surface area is 147 Å². The van der Waals surface area contributed by atoms with Gasteiger partial charge in [0.05, 0.1) is 18.2 Å². The van der Waals surface area contributed by atoms with E-state index in [0.29, 0.717) is 5.56 Å². The summed E-state index contributed by atoms with van der Waals surface area (Å²) in [5, 5.41) is 8.93. The predicted molar refractivity (Wildman–Crippen MR) is 97.3 cm³/mol. The maximum Gasteiger partial charge on any atom is 0.209 e. The second kappa shape index (κ2) is 6.96. The molecule has 1 aromatic heterocycles. The summed E-state index contributed by atoms with van der Waals surface area (Å²) in [7, 11) is 0. The van der Waals surface area contributed by atoms with E-state index in [2.05, 4.69) is 20.9 Å². The Morgan fingerprint density at radius 3 is 2.64 bits per heavy atom. The topological polar surface area (TPSA) is 56.3 Å². The lowest BCUT2D eigenvalue weighted by atomic mass is 10.2. The molecule has 0 amide bonds. The fraction of sp³-hybridized carbons (Fsp3) is 0.300. The lowest BCUT2D eigenvalue weighted by Crippen LogP contribution is -2.30. The van der Waals surface area contributed by atoms with E-state index in [0.717, 1.165) is 56.1 Å². The fourth-order valence-electron chi connectivity index (χ4n) is 3.31. The second-order valence-electron chi connectivity index (χ2n) is 6.35. The maximum absolute atomic E-state index is 8.93. The maximum atomic E-state index is 8.93. The molecule has 0 atom stereocenters. The molecule has 1 aliphatic heterocycles. The Morgan fingerprint density at radius 1 is 1.00 bits per heavy atom. The van der Waals surface area contributed by atoms with E-state index < -0.39 is 0 Å². The minimum atomic E-state index is 0.705. The molecule has 0 spiro atoms. The van der Waals surface area contributed by atoms with Crippen LogP contribution in [-0.2, 0) is 6.54 Å². The SMILES string of the molecule is N#Cc1ccc(N2CCCN(Cc3nc4ccccc4o3)CC2)cc1. The largest absolute Gasteiger partial charge is 0.439 e. The first kappa shape index (κ1) is 15.7. The molecule has 5 heteroatoms. The summed E-state index contributed by atoms with van der Waals surface area (Å²) in [6.07, 6.45) is 1.10. The van der Waals surface area contributed by atoms with Crippen LogP contribution in [-0.4, -0.2) is 36.1 Å². The minimum Gasteiger partial charge on any atom is -0.439 e. The van der Waals surface area contributed by atoms with Crippen LogP contribution in [0, 0.1) is 11.3 Å². The van der Waals surface area contributed by atoms with Gasteiger partial charge in [0, 0.05) is 31.9 Å². The molecule has 25 heavy (non-hydrogen) atoms. The van der Waals surface area contributed by atoms with Gasteiger partial charge in [-0.1, -0.05) is 12.1 Å². The highest BCUT2D eigenvalue weighted by Crippen LogP contribution is 2.19. The van der Waals surface area contributed by atoms with Crippen molar-refractivity contribution in [3.8, 4) is 6.07 Å². The van der Waals surface area contributed by atoms with Gasteiger partial charge in [-0.3, -0.25) is 4.90 Å². The third kappa shape index (κ3) is 3.49. The van der Waals surface area contributed by atoms with Crippen molar-refractivity contribution < 1.29 is 4.42 Å². The van der Waals surface area contributed by atoms with Crippen molar-refractivity contribution in [1.29, 1.82) is 5.26 Å². The number of hydrogen-bond acceptors (Lipinski definition) is 5. The van der Waals surface area contributed by atoms with Crippen LogP contribution < -0.4 is 4.90 Å². The van der Waals surface area contributed by atoms with E-state index >= 15 is 0 Å². The van der Waals surface area contributed by atoms with Gasteiger partial charge in [0.15, 0.2) is 5.58 Å². The van der Waals surface area contributed by atoms with Gasteiger partial charge in [-0.15, -0.1) is 0 Å². The first-order chi connectivity index (χ1) is 12.3. The first-order valence-corrected chi connectivity index (χ1v) is 8.64. The Hall–Kier alpha value is -2.84. The molecule has 0 unspecified atom stereocenters. The molecule has 0 bridgehead atoms. The van der Waals surface area contributed by atoms with Gasteiger partial charge in [0.2, 0.25) is 5.89 Å². The number of oxazole rings is 1. The van der Waals surface area contributed by atoms with E-state index in [1.165, 1.54) is 5.69 Å². The van der Waals surface area contributed by atoms with Gasteiger partial charge < -0.3 is 9.32 Å². The van der Waals surface area contributed by atoms with Gasteiger partial charge in [-0.05, 0) is 42.8 Å². The average Bonchev–Trinajstić information content (AvgIpc) is 2.92. The minimum absolute atomic E-state index is 0.705. The van der Waals surface area contributed by atoms with E-state index in [1.807, 2.05) is 48.5 Å². The number of anilines is 1. The third-order valence-electron chi connectivity index (χ3n) is 4.65. The van der Waals surface area contributed by atoms with Crippen molar-refractivity contribution in [2.75, 3.05) is 31.1 Å². The van der Waals surface area contributed by atoms with Crippen LogP contribution in [0.15, 0.2) is 52.9 Å².